The highest BCUT2D eigenvalue weighted by atomic mass is 16.8. The van der Waals surface area contributed by atoms with Crippen LogP contribution in [0.3, 0.4) is 0 Å². The maximum atomic E-state index is 9.92. The molecular formula is C21H40O6. The summed E-state index contributed by atoms with van der Waals surface area (Å²) in [6.07, 6.45) is 7.75. The lowest BCUT2D eigenvalue weighted by Crippen LogP contribution is -2.36. The maximum absolute atomic E-state index is 9.92. The molecule has 2 heterocycles. The van der Waals surface area contributed by atoms with E-state index in [1.165, 1.54) is 38.5 Å². The van der Waals surface area contributed by atoms with Crippen LogP contribution in [0.1, 0.15) is 79.1 Å². The Balaban J connectivity index is 1.52. The number of ether oxygens (including phenoxy) is 5. The smallest absolute Gasteiger partial charge is 0.187 e. The molecule has 6 heteroatoms. The lowest BCUT2D eigenvalue weighted by molar-refractivity contribution is -0.242. The molecule has 1 N–H and O–H groups in total. The first kappa shape index (κ1) is 23.0. The van der Waals surface area contributed by atoms with Crippen molar-refractivity contribution in [2.45, 2.75) is 116 Å². The molecule has 0 aromatic heterocycles. The van der Waals surface area contributed by atoms with E-state index in [2.05, 4.69) is 6.92 Å². The van der Waals surface area contributed by atoms with Crippen molar-refractivity contribution in [2.75, 3.05) is 19.8 Å². The van der Waals surface area contributed by atoms with Crippen LogP contribution < -0.4 is 0 Å². The van der Waals surface area contributed by atoms with Crippen LogP contribution >= 0.6 is 0 Å². The Morgan fingerprint density at radius 1 is 0.889 bits per heavy atom. The summed E-state index contributed by atoms with van der Waals surface area (Å²) in [5, 5.41) is 9.92. The quantitative estimate of drug-likeness (QED) is 0.457. The van der Waals surface area contributed by atoms with E-state index in [4.69, 9.17) is 23.7 Å². The molecule has 0 radical (unpaired) electrons. The molecule has 0 saturated carbocycles. The highest BCUT2D eigenvalue weighted by Crippen LogP contribution is 2.40. The van der Waals surface area contributed by atoms with Gasteiger partial charge in [0.05, 0.1) is 12.7 Å². The first-order valence-electron chi connectivity index (χ1n) is 10.8. The third kappa shape index (κ3) is 7.59. The minimum atomic E-state index is -0.673. The summed E-state index contributed by atoms with van der Waals surface area (Å²) in [7, 11) is 0. The van der Waals surface area contributed by atoms with Gasteiger partial charge in [-0.1, -0.05) is 45.4 Å². The first-order chi connectivity index (χ1) is 12.9. The molecule has 2 rings (SSSR count). The second kappa shape index (κ2) is 11.7. The third-order valence-electron chi connectivity index (χ3n) is 5.13. The average molecular weight is 389 g/mol. The van der Waals surface area contributed by atoms with Gasteiger partial charge in [0.15, 0.2) is 12.1 Å². The lowest BCUT2D eigenvalue weighted by atomic mass is 10.1. The van der Waals surface area contributed by atoms with E-state index >= 15 is 0 Å². The van der Waals surface area contributed by atoms with Crippen molar-refractivity contribution in [3.8, 4) is 0 Å². The molecule has 5 atom stereocenters. The fourth-order valence-electron chi connectivity index (χ4n) is 3.74. The largest absolute Gasteiger partial charge is 0.391 e. The van der Waals surface area contributed by atoms with E-state index in [0.717, 1.165) is 19.4 Å². The van der Waals surface area contributed by atoms with Crippen LogP contribution in [0.15, 0.2) is 0 Å². The first-order valence-corrected chi connectivity index (χ1v) is 10.8. The van der Waals surface area contributed by atoms with E-state index in [1.807, 2.05) is 13.8 Å². The van der Waals surface area contributed by atoms with Crippen molar-refractivity contribution in [3.63, 3.8) is 0 Å². The van der Waals surface area contributed by atoms with E-state index in [-0.39, 0.29) is 12.2 Å². The summed E-state index contributed by atoms with van der Waals surface area (Å²) in [6.45, 7) is 9.76. The molecule has 160 valence electrons. The molecule has 27 heavy (non-hydrogen) atoms. The van der Waals surface area contributed by atoms with Gasteiger partial charge in [0.25, 0.3) is 0 Å². The SMILES string of the molecule is CCCCCCCCCOCCCO[C@H]1O[C@H]([C@@H](C)O)[C@@H]2OC(C)(C)O[C@H]12. The molecule has 0 unspecified atom stereocenters. The van der Waals surface area contributed by atoms with Gasteiger partial charge in [0.1, 0.15) is 18.3 Å². The Bertz CT molecular complexity index is 400. The van der Waals surface area contributed by atoms with Crippen LogP contribution in [0.4, 0.5) is 0 Å². The second-order valence-corrected chi connectivity index (χ2v) is 8.23. The molecule has 2 aliphatic rings. The zero-order valence-corrected chi connectivity index (χ0v) is 17.7. The number of rotatable bonds is 14. The summed E-state index contributed by atoms with van der Waals surface area (Å²) in [6, 6.07) is 0. The Morgan fingerprint density at radius 3 is 2.22 bits per heavy atom. The summed E-state index contributed by atoms with van der Waals surface area (Å²) in [5.74, 6) is -0.673. The van der Waals surface area contributed by atoms with Crippen molar-refractivity contribution >= 4 is 0 Å². The van der Waals surface area contributed by atoms with Crippen LogP contribution in [-0.4, -0.2) is 61.4 Å². The number of aliphatic hydroxyl groups is 1. The van der Waals surface area contributed by atoms with Gasteiger partial charge in [0, 0.05) is 13.2 Å². The van der Waals surface area contributed by atoms with Gasteiger partial charge in [-0.2, -0.15) is 0 Å². The standard InChI is InChI=1S/C21H40O6/c1-5-6-7-8-9-10-11-13-23-14-12-15-24-20-19-18(17(25-20)16(2)22)26-21(3,4)27-19/h16-20,22H,5-15H2,1-4H3/t16-,17-,18+,19+,20+/m1/s1. The number of hydrogen-bond acceptors (Lipinski definition) is 6. The number of fused-ring (bicyclic) bond motifs is 1. The molecule has 0 bridgehead atoms. The molecule has 0 aromatic rings. The minimum absolute atomic E-state index is 0.293. The molecule has 0 spiro atoms. The summed E-state index contributed by atoms with van der Waals surface area (Å²) in [4.78, 5) is 0. The summed E-state index contributed by atoms with van der Waals surface area (Å²) >= 11 is 0. The van der Waals surface area contributed by atoms with Crippen LogP contribution in [0.5, 0.6) is 0 Å². The predicted octanol–water partition coefficient (Wildman–Crippen LogP) is 3.79. The highest BCUT2D eigenvalue weighted by molar-refractivity contribution is 4.97. The monoisotopic (exact) mass is 388 g/mol. The molecule has 2 aliphatic heterocycles. The molecule has 0 aliphatic carbocycles. The number of hydrogen-bond donors (Lipinski definition) is 1. The van der Waals surface area contributed by atoms with Crippen molar-refractivity contribution < 1.29 is 28.8 Å². The number of unbranched alkanes of at least 4 members (excludes halogenated alkanes) is 6. The topological polar surface area (TPSA) is 66.4 Å². The van der Waals surface area contributed by atoms with E-state index in [9.17, 15) is 5.11 Å². The van der Waals surface area contributed by atoms with Gasteiger partial charge >= 0.3 is 0 Å². The molecule has 0 amide bonds. The fraction of sp³-hybridized carbons (Fsp3) is 1.00. The van der Waals surface area contributed by atoms with E-state index < -0.39 is 24.3 Å². The van der Waals surface area contributed by atoms with Crippen LogP contribution in [0.25, 0.3) is 0 Å². The average Bonchev–Trinajstić information content (AvgIpc) is 3.09. The highest BCUT2D eigenvalue weighted by Gasteiger charge is 2.56. The van der Waals surface area contributed by atoms with E-state index in [0.29, 0.717) is 13.2 Å². The summed E-state index contributed by atoms with van der Waals surface area (Å²) < 4.78 is 29.2. The van der Waals surface area contributed by atoms with Gasteiger partial charge in [-0.25, -0.2) is 0 Å². The van der Waals surface area contributed by atoms with Gasteiger partial charge in [0.2, 0.25) is 0 Å². The van der Waals surface area contributed by atoms with Crippen LogP contribution in [-0.2, 0) is 23.7 Å². The second-order valence-electron chi connectivity index (χ2n) is 8.23. The van der Waals surface area contributed by atoms with Crippen molar-refractivity contribution in [1.29, 1.82) is 0 Å². The van der Waals surface area contributed by atoms with Gasteiger partial charge < -0.3 is 28.8 Å². The minimum Gasteiger partial charge on any atom is -0.391 e. The fourth-order valence-corrected chi connectivity index (χ4v) is 3.74. The Kier molecular flexibility index (Phi) is 9.97. The lowest BCUT2D eigenvalue weighted by Gasteiger charge is -2.25. The van der Waals surface area contributed by atoms with Gasteiger partial charge in [-0.3, -0.25) is 0 Å². The molecule has 6 nitrogen and oxygen atoms in total. The van der Waals surface area contributed by atoms with Crippen molar-refractivity contribution in [2.24, 2.45) is 0 Å². The Labute approximate surface area is 164 Å². The van der Waals surface area contributed by atoms with Crippen molar-refractivity contribution in [3.05, 3.63) is 0 Å². The predicted molar refractivity (Wildman–Crippen MR) is 104 cm³/mol. The Morgan fingerprint density at radius 2 is 1.52 bits per heavy atom. The van der Waals surface area contributed by atoms with Gasteiger partial charge in [-0.05, 0) is 33.6 Å². The van der Waals surface area contributed by atoms with Crippen LogP contribution in [0.2, 0.25) is 0 Å². The zero-order valence-electron chi connectivity index (χ0n) is 17.7. The normalized spacial score (nSPS) is 30.6. The number of aliphatic hydroxyl groups excluding tert-OH is 1. The van der Waals surface area contributed by atoms with Crippen LogP contribution in [0, 0.1) is 0 Å². The molecule has 2 fully saturated rings. The molecule has 0 aromatic carbocycles. The summed E-state index contributed by atoms with van der Waals surface area (Å²) in [5.41, 5.74) is 0. The third-order valence-corrected chi connectivity index (χ3v) is 5.13. The zero-order chi connectivity index (χ0) is 19.7. The molecule has 2 saturated heterocycles. The maximum Gasteiger partial charge on any atom is 0.187 e. The van der Waals surface area contributed by atoms with E-state index in [1.54, 1.807) is 6.92 Å². The molecular weight excluding hydrogens is 348 g/mol. The Hall–Kier alpha value is -0.240. The van der Waals surface area contributed by atoms with Crippen molar-refractivity contribution in [1.82, 2.24) is 0 Å². The van der Waals surface area contributed by atoms with Gasteiger partial charge in [-0.15, -0.1) is 0 Å².